The maximum atomic E-state index is 12.3. The average molecular weight is 416 g/mol. The van der Waals surface area contributed by atoms with E-state index < -0.39 is 23.5 Å². The summed E-state index contributed by atoms with van der Waals surface area (Å²) in [6, 6.07) is 6.99. The summed E-state index contributed by atoms with van der Waals surface area (Å²) >= 11 is 5.94. The lowest BCUT2D eigenvalue weighted by Crippen LogP contribution is -2.30. The minimum absolute atomic E-state index is 0.00635. The molecule has 0 aliphatic rings. The predicted octanol–water partition coefficient (Wildman–Crippen LogP) is 3.33. The second-order valence-electron chi connectivity index (χ2n) is 6.75. The molecule has 1 aromatic carbocycles. The van der Waals surface area contributed by atoms with E-state index in [-0.39, 0.29) is 18.4 Å². The van der Waals surface area contributed by atoms with E-state index in [1.807, 2.05) is 13.0 Å². The van der Waals surface area contributed by atoms with E-state index in [2.05, 4.69) is 10.3 Å². The number of carbonyl (C=O) groups excluding carboxylic acids is 2. The highest BCUT2D eigenvalue weighted by atomic mass is 35.5. The molecule has 1 atom stereocenters. The highest BCUT2D eigenvalue weighted by Crippen LogP contribution is 2.20. The predicted molar refractivity (Wildman–Crippen MR) is 110 cm³/mol. The van der Waals surface area contributed by atoms with E-state index in [0.717, 1.165) is 5.56 Å². The standard InChI is InChI=1S/C21H22ClN3O4/c1-11-5-6-15(22)9-18(11)25-20(27)14(4)29-19(26)8-7-16-12(2)17(10-23)21(28)24-13(16)3/h5-6,9,14H,7-8H2,1-4H3,(H,24,28)(H,25,27)/t14-/m0/s1. The molecule has 29 heavy (non-hydrogen) atoms. The first-order valence-electron chi connectivity index (χ1n) is 9.03. The fourth-order valence-corrected chi connectivity index (χ4v) is 3.09. The highest BCUT2D eigenvalue weighted by molar-refractivity contribution is 6.31. The number of esters is 1. The van der Waals surface area contributed by atoms with Crippen LogP contribution in [0.1, 0.15) is 41.3 Å². The number of hydrogen-bond donors (Lipinski definition) is 2. The molecule has 8 heteroatoms. The molecular formula is C21H22ClN3O4. The largest absolute Gasteiger partial charge is 0.453 e. The number of aromatic amines is 1. The van der Waals surface area contributed by atoms with E-state index in [4.69, 9.17) is 21.6 Å². The zero-order valence-electron chi connectivity index (χ0n) is 16.7. The summed E-state index contributed by atoms with van der Waals surface area (Å²) in [6.07, 6.45) is -0.704. The van der Waals surface area contributed by atoms with Gasteiger partial charge in [0.05, 0.1) is 0 Å². The minimum atomic E-state index is -0.992. The molecule has 0 aliphatic heterocycles. The van der Waals surface area contributed by atoms with Crippen molar-refractivity contribution in [2.45, 2.75) is 46.6 Å². The van der Waals surface area contributed by atoms with Crippen LogP contribution in [0.5, 0.6) is 0 Å². The first-order chi connectivity index (χ1) is 13.6. The minimum Gasteiger partial charge on any atom is -0.453 e. The maximum absolute atomic E-state index is 12.3. The number of aryl methyl sites for hydroxylation is 2. The van der Waals surface area contributed by atoms with E-state index in [9.17, 15) is 14.4 Å². The highest BCUT2D eigenvalue weighted by Gasteiger charge is 2.20. The number of halogens is 1. The molecular weight excluding hydrogens is 394 g/mol. The lowest BCUT2D eigenvalue weighted by Gasteiger charge is -2.15. The molecule has 0 unspecified atom stereocenters. The van der Waals surface area contributed by atoms with Crippen LogP contribution in [0.15, 0.2) is 23.0 Å². The number of carbonyl (C=O) groups is 2. The number of ether oxygens (including phenoxy) is 1. The number of nitrogens with zero attached hydrogens (tertiary/aromatic N) is 1. The van der Waals surface area contributed by atoms with Gasteiger partial charge in [-0.1, -0.05) is 17.7 Å². The Kier molecular flexibility index (Phi) is 7.18. The Morgan fingerprint density at radius 2 is 2.00 bits per heavy atom. The number of nitrogens with one attached hydrogen (secondary N) is 2. The Morgan fingerprint density at radius 3 is 2.66 bits per heavy atom. The van der Waals surface area contributed by atoms with Gasteiger partial charge in [-0.25, -0.2) is 0 Å². The number of H-pyrrole nitrogens is 1. The lowest BCUT2D eigenvalue weighted by atomic mass is 9.99. The van der Waals surface area contributed by atoms with Gasteiger partial charge in [-0.2, -0.15) is 5.26 Å². The fraction of sp³-hybridized carbons (Fsp3) is 0.333. The monoisotopic (exact) mass is 415 g/mol. The first kappa shape index (κ1) is 22.2. The summed E-state index contributed by atoms with van der Waals surface area (Å²) in [4.78, 5) is 38.9. The molecule has 2 aromatic rings. The Balaban J connectivity index is 1.99. The first-order valence-corrected chi connectivity index (χ1v) is 9.40. The SMILES string of the molecule is Cc1ccc(Cl)cc1NC(=O)[C@H](C)OC(=O)CCc1c(C)[nH]c(=O)c(C#N)c1C. The molecule has 0 saturated heterocycles. The molecule has 0 saturated carbocycles. The summed E-state index contributed by atoms with van der Waals surface area (Å²) in [5.74, 6) is -1.02. The Hall–Kier alpha value is -3.11. The topological polar surface area (TPSA) is 112 Å². The fourth-order valence-electron chi connectivity index (χ4n) is 2.92. The molecule has 2 rings (SSSR count). The number of rotatable bonds is 6. The van der Waals surface area contributed by atoms with Crippen LogP contribution in [0.4, 0.5) is 5.69 Å². The van der Waals surface area contributed by atoms with Gasteiger partial charge in [-0.3, -0.25) is 14.4 Å². The molecule has 152 valence electrons. The van der Waals surface area contributed by atoms with Crippen LogP contribution in [0.2, 0.25) is 5.02 Å². The number of hydrogen-bond acceptors (Lipinski definition) is 5. The van der Waals surface area contributed by atoms with Gasteiger partial charge < -0.3 is 15.0 Å². The lowest BCUT2D eigenvalue weighted by molar-refractivity contribution is -0.153. The van der Waals surface area contributed by atoms with Crippen molar-refractivity contribution in [2.24, 2.45) is 0 Å². The van der Waals surface area contributed by atoms with Crippen molar-refractivity contribution >= 4 is 29.2 Å². The number of benzene rings is 1. The molecule has 0 fully saturated rings. The Bertz CT molecular complexity index is 1050. The number of amides is 1. The van der Waals surface area contributed by atoms with Crippen LogP contribution in [-0.4, -0.2) is 23.0 Å². The number of nitriles is 1. The average Bonchev–Trinajstić information content (AvgIpc) is 2.64. The normalized spacial score (nSPS) is 11.4. The smallest absolute Gasteiger partial charge is 0.306 e. The molecule has 0 aliphatic carbocycles. The van der Waals surface area contributed by atoms with Crippen molar-refractivity contribution in [2.75, 3.05) is 5.32 Å². The van der Waals surface area contributed by atoms with Gasteiger partial charge in [-0.15, -0.1) is 0 Å². The number of pyridine rings is 1. The van der Waals surface area contributed by atoms with Gasteiger partial charge in [0.15, 0.2) is 6.10 Å². The molecule has 1 heterocycles. The maximum Gasteiger partial charge on any atom is 0.306 e. The van der Waals surface area contributed by atoms with Crippen molar-refractivity contribution in [3.63, 3.8) is 0 Å². The molecule has 2 N–H and O–H groups in total. The molecule has 0 radical (unpaired) electrons. The van der Waals surface area contributed by atoms with Crippen molar-refractivity contribution in [3.05, 3.63) is 61.5 Å². The van der Waals surface area contributed by atoms with E-state index in [1.165, 1.54) is 6.92 Å². The van der Waals surface area contributed by atoms with Gasteiger partial charge in [0.25, 0.3) is 11.5 Å². The third kappa shape index (κ3) is 5.46. The molecule has 0 bridgehead atoms. The van der Waals surface area contributed by atoms with E-state index in [1.54, 1.807) is 32.0 Å². The quantitative estimate of drug-likeness (QED) is 0.702. The van der Waals surface area contributed by atoms with Crippen molar-refractivity contribution < 1.29 is 14.3 Å². The summed E-state index contributed by atoms with van der Waals surface area (Å²) in [5, 5.41) is 12.3. The zero-order valence-corrected chi connectivity index (χ0v) is 17.4. The molecule has 7 nitrogen and oxygen atoms in total. The molecule has 1 amide bonds. The summed E-state index contributed by atoms with van der Waals surface area (Å²) in [7, 11) is 0. The molecule has 0 spiro atoms. The van der Waals surface area contributed by atoms with Crippen LogP contribution >= 0.6 is 11.6 Å². The van der Waals surface area contributed by atoms with E-state index >= 15 is 0 Å². The second-order valence-corrected chi connectivity index (χ2v) is 7.19. The Morgan fingerprint density at radius 1 is 1.31 bits per heavy atom. The number of aromatic nitrogens is 1. The van der Waals surface area contributed by atoms with Gasteiger partial charge in [-0.05, 0) is 62.9 Å². The van der Waals surface area contributed by atoms with Crippen LogP contribution in [0.3, 0.4) is 0 Å². The number of anilines is 1. The van der Waals surface area contributed by atoms with Gasteiger partial charge in [0, 0.05) is 22.8 Å². The van der Waals surface area contributed by atoms with Gasteiger partial charge in [0.1, 0.15) is 11.6 Å². The van der Waals surface area contributed by atoms with Crippen LogP contribution in [0, 0.1) is 32.1 Å². The third-order valence-electron chi connectivity index (χ3n) is 4.63. The zero-order chi connectivity index (χ0) is 21.7. The summed E-state index contributed by atoms with van der Waals surface area (Å²) in [5.41, 5.74) is 2.82. The summed E-state index contributed by atoms with van der Waals surface area (Å²) < 4.78 is 5.22. The van der Waals surface area contributed by atoms with Crippen molar-refractivity contribution in [1.82, 2.24) is 4.98 Å². The van der Waals surface area contributed by atoms with Crippen LogP contribution < -0.4 is 10.9 Å². The Labute approximate surface area is 173 Å². The van der Waals surface area contributed by atoms with Crippen molar-refractivity contribution in [1.29, 1.82) is 5.26 Å². The van der Waals surface area contributed by atoms with Crippen LogP contribution in [0.25, 0.3) is 0 Å². The van der Waals surface area contributed by atoms with E-state index in [0.29, 0.717) is 27.5 Å². The van der Waals surface area contributed by atoms with Gasteiger partial charge >= 0.3 is 5.97 Å². The summed E-state index contributed by atoms with van der Waals surface area (Å²) in [6.45, 7) is 6.69. The van der Waals surface area contributed by atoms with Crippen LogP contribution in [-0.2, 0) is 20.7 Å². The van der Waals surface area contributed by atoms with Gasteiger partial charge in [0.2, 0.25) is 0 Å². The second kappa shape index (κ2) is 9.39. The molecule has 1 aromatic heterocycles. The van der Waals surface area contributed by atoms with Crippen molar-refractivity contribution in [3.8, 4) is 6.07 Å². The third-order valence-corrected chi connectivity index (χ3v) is 4.87.